The number of phenols is 1. The molecule has 0 fully saturated rings. The molecule has 0 amide bonds. The average molecular weight is 255 g/mol. The Hall–Kier alpha value is -1.96. The number of benzene rings is 2. The molecule has 0 bridgehead atoms. The SMILES string of the molecule is Cc1cc(NCCC(C)c2ccccc2)ccc1O. The summed E-state index contributed by atoms with van der Waals surface area (Å²) in [6, 6.07) is 16.2. The van der Waals surface area contributed by atoms with Gasteiger partial charge in [-0.15, -0.1) is 0 Å². The summed E-state index contributed by atoms with van der Waals surface area (Å²) in [4.78, 5) is 0. The Bertz CT molecular complexity index is 522. The maximum atomic E-state index is 9.48. The molecule has 0 spiro atoms. The first-order valence-corrected chi connectivity index (χ1v) is 6.75. The largest absolute Gasteiger partial charge is 0.508 e. The van der Waals surface area contributed by atoms with E-state index in [4.69, 9.17) is 0 Å². The molecule has 0 aromatic heterocycles. The second-order valence-electron chi connectivity index (χ2n) is 5.03. The van der Waals surface area contributed by atoms with Crippen LogP contribution in [0.1, 0.15) is 30.4 Å². The van der Waals surface area contributed by atoms with Crippen LogP contribution in [-0.4, -0.2) is 11.7 Å². The number of rotatable bonds is 5. The maximum Gasteiger partial charge on any atom is 0.118 e. The topological polar surface area (TPSA) is 32.3 Å². The van der Waals surface area contributed by atoms with Gasteiger partial charge < -0.3 is 10.4 Å². The number of hydrogen-bond donors (Lipinski definition) is 2. The lowest BCUT2D eigenvalue weighted by Gasteiger charge is -2.13. The molecule has 0 saturated heterocycles. The fraction of sp³-hybridized carbons (Fsp3) is 0.294. The molecule has 19 heavy (non-hydrogen) atoms. The van der Waals surface area contributed by atoms with Gasteiger partial charge in [0.25, 0.3) is 0 Å². The average Bonchev–Trinajstić information content (AvgIpc) is 2.43. The molecule has 1 unspecified atom stereocenters. The molecule has 0 aliphatic heterocycles. The third-order valence-corrected chi connectivity index (χ3v) is 3.47. The molecule has 0 radical (unpaired) electrons. The highest BCUT2D eigenvalue weighted by atomic mass is 16.3. The van der Waals surface area contributed by atoms with Gasteiger partial charge in [-0.05, 0) is 48.6 Å². The van der Waals surface area contributed by atoms with Crippen molar-refractivity contribution in [2.75, 3.05) is 11.9 Å². The minimum Gasteiger partial charge on any atom is -0.508 e. The van der Waals surface area contributed by atoms with Crippen LogP contribution in [0.15, 0.2) is 48.5 Å². The van der Waals surface area contributed by atoms with Gasteiger partial charge >= 0.3 is 0 Å². The zero-order valence-electron chi connectivity index (χ0n) is 11.6. The molecule has 2 aromatic rings. The van der Waals surface area contributed by atoms with Gasteiger partial charge in [-0.1, -0.05) is 37.3 Å². The summed E-state index contributed by atoms with van der Waals surface area (Å²) in [5.41, 5.74) is 3.35. The number of aromatic hydroxyl groups is 1. The first kappa shape index (κ1) is 13.5. The number of aryl methyl sites for hydroxylation is 1. The lowest BCUT2D eigenvalue weighted by atomic mass is 9.98. The van der Waals surface area contributed by atoms with E-state index in [0.29, 0.717) is 11.7 Å². The van der Waals surface area contributed by atoms with Gasteiger partial charge in [-0.25, -0.2) is 0 Å². The van der Waals surface area contributed by atoms with E-state index in [9.17, 15) is 5.11 Å². The fourth-order valence-corrected chi connectivity index (χ4v) is 2.15. The van der Waals surface area contributed by atoms with Gasteiger partial charge in [-0.2, -0.15) is 0 Å². The van der Waals surface area contributed by atoms with Gasteiger partial charge in [-0.3, -0.25) is 0 Å². The molecule has 0 aliphatic rings. The van der Waals surface area contributed by atoms with Gasteiger partial charge in [0, 0.05) is 12.2 Å². The van der Waals surface area contributed by atoms with Crippen molar-refractivity contribution in [1.29, 1.82) is 0 Å². The lowest BCUT2D eigenvalue weighted by molar-refractivity contribution is 0.471. The monoisotopic (exact) mass is 255 g/mol. The smallest absolute Gasteiger partial charge is 0.118 e. The second kappa shape index (κ2) is 6.28. The van der Waals surface area contributed by atoms with Crippen LogP contribution in [0, 0.1) is 6.92 Å². The van der Waals surface area contributed by atoms with Crippen LogP contribution < -0.4 is 5.32 Å². The molecule has 100 valence electrons. The van der Waals surface area contributed by atoms with E-state index in [-0.39, 0.29) is 0 Å². The highest BCUT2D eigenvalue weighted by Gasteiger charge is 2.04. The van der Waals surface area contributed by atoms with Crippen LogP contribution in [0.3, 0.4) is 0 Å². The minimum absolute atomic E-state index is 0.350. The van der Waals surface area contributed by atoms with E-state index >= 15 is 0 Å². The highest BCUT2D eigenvalue weighted by molar-refractivity contribution is 5.50. The van der Waals surface area contributed by atoms with Crippen LogP contribution in [0.2, 0.25) is 0 Å². The third-order valence-electron chi connectivity index (χ3n) is 3.47. The third kappa shape index (κ3) is 3.75. The minimum atomic E-state index is 0.350. The van der Waals surface area contributed by atoms with Crippen LogP contribution >= 0.6 is 0 Å². The molecule has 2 heteroatoms. The second-order valence-corrected chi connectivity index (χ2v) is 5.03. The quantitative estimate of drug-likeness (QED) is 0.780. The lowest BCUT2D eigenvalue weighted by Crippen LogP contribution is -2.06. The number of hydrogen-bond acceptors (Lipinski definition) is 2. The summed E-state index contributed by atoms with van der Waals surface area (Å²) >= 11 is 0. The van der Waals surface area contributed by atoms with E-state index in [1.165, 1.54) is 5.56 Å². The van der Waals surface area contributed by atoms with E-state index < -0.39 is 0 Å². The summed E-state index contributed by atoms with van der Waals surface area (Å²) in [5, 5.41) is 12.9. The zero-order valence-corrected chi connectivity index (χ0v) is 11.6. The first-order chi connectivity index (χ1) is 9.16. The Morgan fingerprint density at radius 2 is 1.84 bits per heavy atom. The zero-order chi connectivity index (χ0) is 13.7. The molecule has 2 N–H and O–H groups in total. The number of phenolic OH excluding ortho intramolecular Hbond substituents is 1. The van der Waals surface area contributed by atoms with Gasteiger partial charge in [0.15, 0.2) is 0 Å². The number of anilines is 1. The highest BCUT2D eigenvalue weighted by Crippen LogP contribution is 2.21. The van der Waals surface area contributed by atoms with Crippen LogP contribution in [0.25, 0.3) is 0 Å². The van der Waals surface area contributed by atoms with Crippen LogP contribution in [-0.2, 0) is 0 Å². The predicted molar refractivity (Wildman–Crippen MR) is 80.8 cm³/mol. The molecule has 0 heterocycles. The Kier molecular flexibility index (Phi) is 4.45. The summed E-state index contributed by atoms with van der Waals surface area (Å²) in [6.45, 7) is 5.09. The van der Waals surface area contributed by atoms with Crippen LogP contribution in [0.5, 0.6) is 5.75 Å². The summed E-state index contributed by atoms with van der Waals surface area (Å²) in [5.74, 6) is 0.898. The van der Waals surface area contributed by atoms with Crippen molar-refractivity contribution < 1.29 is 5.11 Å². The van der Waals surface area contributed by atoms with Crippen molar-refractivity contribution >= 4 is 5.69 Å². The molecule has 2 nitrogen and oxygen atoms in total. The molecule has 1 atom stereocenters. The Labute approximate surface area is 115 Å². The van der Waals surface area contributed by atoms with Crippen molar-refractivity contribution in [1.82, 2.24) is 0 Å². The van der Waals surface area contributed by atoms with Crippen molar-refractivity contribution in [2.45, 2.75) is 26.2 Å². The molecule has 2 aromatic carbocycles. The van der Waals surface area contributed by atoms with Gasteiger partial charge in [0.2, 0.25) is 0 Å². The first-order valence-electron chi connectivity index (χ1n) is 6.75. The van der Waals surface area contributed by atoms with Crippen LogP contribution in [0.4, 0.5) is 5.69 Å². The van der Waals surface area contributed by atoms with Crippen molar-refractivity contribution in [3.05, 3.63) is 59.7 Å². The van der Waals surface area contributed by atoms with Crippen molar-refractivity contribution in [2.24, 2.45) is 0 Å². The summed E-state index contributed by atoms with van der Waals surface area (Å²) < 4.78 is 0. The Morgan fingerprint density at radius 3 is 2.53 bits per heavy atom. The standard InChI is InChI=1S/C17H21NO/c1-13(15-6-4-3-5-7-15)10-11-18-16-8-9-17(19)14(2)12-16/h3-9,12-13,18-19H,10-11H2,1-2H3. The molecular formula is C17H21NO. The maximum absolute atomic E-state index is 9.48. The summed E-state index contributed by atoms with van der Waals surface area (Å²) in [6.07, 6.45) is 1.09. The van der Waals surface area contributed by atoms with E-state index in [1.807, 2.05) is 25.1 Å². The van der Waals surface area contributed by atoms with E-state index in [1.54, 1.807) is 6.07 Å². The van der Waals surface area contributed by atoms with Crippen molar-refractivity contribution in [3.8, 4) is 5.75 Å². The van der Waals surface area contributed by atoms with Crippen molar-refractivity contribution in [3.63, 3.8) is 0 Å². The van der Waals surface area contributed by atoms with E-state index in [0.717, 1.165) is 24.2 Å². The Morgan fingerprint density at radius 1 is 1.11 bits per heavy atom. The van der Waals surface area contributed by atoms with Gasteiger partial charge in [0.05, 0.1) is 0 Å². The fourth-order valence-electron chi connectivity index (χ4n) is 2.15. The number of nitrogens with one attached hydrogen (secondary N) is 1. The summed E-state index contributed by atoms with van der Waals surface area (Å²) in [7, 11) is 0. The predicted octanol–water partition coefficient (Wildman–Crippen LogP) is 4.31. The molecule has 0 saturated carbocycles. The Balaban J connectivity index is 1.85. The molecular weight excluding hydrogens is 234 g/mol. The molecule has 2 rings (SSSR count). The van der Waals surface area contributed by atoms with E-state index in [2.05, 4.69) is 36.5 Å². The normalized spacial score (nSPS) is 12.1. The molecule has 0 aliphatic carbocycles. The van der Waals surface area contributed by atoms with Gasteiger partial charge in [0.1, 0.15) is 5.75 Å².